The number of aromatic amines is 1. The summed E-state index contributed by atoms with van der Waals surface area (Å²) in [5, 5.41) is 6.13. The summed E-state index contributed by atoms with van der Waals surface area (Å²) in [7, 11) is 1.65. The Morgan fingerprint density at radius 2 is 2.13 bits per heavy atom. The van der Waals surface area contributed by atoms with Crippen LogP contribution < -0.4 is 15.5 Å². The molecule has 0 spiro atoms. The molecule has 10 heteroatoms. The summed E-state index contributed by atoms with van der Waals surface area (Å²) in [4.78, 5) is 20.8. The molecule has 7 nitrogen and oxygen atoms in total. The van der Waals surface area contributed by atoms with E-state index >= 15 is 0 Å². The van der Waals surface area contributed by atoms with Crippen LogP contribution in [0.1, 0.15) is 45.6 Å². The van der Waals surface area contributed by atoms with Crippen molar-refractivity contribution in [2.24, 2.45) is 0 Å². The highest BCUT2D eigenvalue weighted by Crippen LogP contribution is 2.43. The molecule has 0 bridgehead atoms. The number of alkyl halides is 3. The fourth-order valence-electron chi connectivity index (χ4n) is 3.63. The highest BCUT2D eigenvalue weighted by Gasteiger charge is 2.38. The number of carbonyl (C=O) groups is 1. The number of fused-ring (bicyclic) bond motifs is 1. The van der Waals surface area contributed by atoms with Gasteiger partial charge in [-0.2, -0.15) is 13.2 Å². The first kappa shape index (κ1) is 22.0. The van der Waals surface area contributed by atoms with Gasteiger partial charge >= 0.3 is 12.3 Å². The third-order valence-corrected chi connectivity index (χ3v) is 5.53. The molecule has 0 saturated carbocycles. The highest BCUT2D eigenvalue weighted by atomic mass is 19.4. The van der Waals surface area contributed by atoms with Crippen molar-refractivity contribution in [1.29, 1.82) is 0 Å². The summed E-state index contributed by atoms with van der Waals surface area (Å²) in [6, 6.07) is -0.319. The second-order valence-electron chi connectivity index (χ2n) is 8.13. The van der Waals surface area contributed by atoms with Gasteiger partial charge in [-0.3, -0.25) is 0 Å². The Morgan fingerprint density at radius 3 is 2.77 bits per heavy atom. The van der Waals surface area contributed by atoms with Crippen LogP contribution in [0.15, 0.2) is 12.4 Å². The SMILES string of the molecule is CCC(C)(C)OC(=O)NC1CCCN(c2c(C(F)(F)F)cnc3[nH]cc(NC)c23)C1. The molecule has 2 aromatic heterocycles. The first-order valence-electron chi connectivity index (χ1n) is 10.0. The maximum absolute atomic E-state index is 13.8. The van der Waals surface area contributed by atoms with E-state index in [1.807, 2.05) is 20.8 Å². The Hall–Kier alpha value is -2.65. The van der Waals surface area contributed by atoms with E-state index in [1.165, 1.54) is 0 Å². The number of hydrogen-bond donors (Lipinski definition) is 3. The number of ether oxygens (including phenoxy) is 1. The number of rotatable bonds is 5. The van der Waals surface area contributed by atoms with Crippen LogP contribution in [0, 0.1) is 0 Å². The summed E-state index contributed by atoms with van der Waals surface area (Å²) in [6.07, 6.45) is -0.678. The van der Waals surface area contributed by atoms with Crippen LogP contribution >= 0.6 is 0 Å². The number of piperidine rings is 1. The second kappa shape index (κ2) is 8.23. The van der Waals surface area contributed by atoms with Crippen LogP contribution in [0.4, 0.5) is 29.3 Å². The average molecular weight is 427 g/mol. The number of nitrogens with one attached hydrogen (secondary N) is 3. The van der Waals surface area contributed by atoms with Crippen LogP contribution in [0.25, 0.3) is 11.0 Å². The molecule has 1 aliphatic rings. The highest BCUT2D eigenvalue weighted by molar-refractivity contribution is 6.02. The fourth-order valence-corrected chi connectivity index (χ4v) is 3.63. The zero-order chi connectivity index (χ0) is 22.1. The lowest BCUT2D eigenvalue weighted by Gasteiger charge is -2.36. The Morgan fingerprint density at radius 1 is 1.40 bits per heavy atom. The van der Waals surface area contributed by atoms with Crippen molar-refractivity contribution in [3.8, 4) is 0 Å². The summed E-state index contributed by atoms with van der Waals surface area (Å²) in [5.41, 5.74) is -0.404. The van der Waals surface area contributed by atoms with Gasteiger partial charge in [-0.1, -0.05) is 6.92 Å². The van der Waals surface area contributed by atoms with Gasteiger partial charge in [0, 0.05) is 38.6 Å². The number of alkyl carbamates (subject to hydrolysis) is 1. The van der Waals surface area contributed by atoms with Crippen LogP contribution in [0.5, 0.6) is 0 Å². The molecule has 1 aliphatic heterocycles. The van der Waals surface area contributed by atoms with Crippen molar-refractivity contribution in [3.63, 3.8) is 0 Å². The van der Waals surface area contributed by atoms with Gasteiger partial charge in [0.2, 0.25) is 0 Å². The van der Waals surface area contributed by atoms with Crippen molar-refractivity contribution in [2.75, 3.05) is 30.4 Å². The molecule has 0 aromatic carbocycles. The molecule has 1 amide bonds. The predicted octanol–water partition coefficient (Wildman–Crippen LogP) is 4.51. The third kappa shape index (κ3) is 4.57. The number of carbonyl (C=O) groups excluding carboxylic acids is 1. The lowest BCUT2D eigenvalue weighted by atomic mass is 10.0. The largest absolute Gasteiger partial charge is 0.444 e. The first-order chi connectivity index (χ1) is 14.1. The van der Waals surface area contributed by atoms with Gasteiger partial charge in [-0.25, -0.2) is 9.78 Å². The Labute approximate surface area is 173 Å². The van der Waals surface area contributed by atoms with Crippen LogP contribution in [0.3, 0.4) is 0 Å². The number of H-pyrrole nitrogens is 1. The normalized spacial score (nSPS) is 17.8. The molecule has 0 radical (unpaired) electrons. The van der Waals surface area contributed by atoms with Crippen molar-refractivity contribution < 1.29 is 22.7 Å². The zero-order valence-electron chi connectivity index (χ0n) is 17.6. The number of anilines is 2. The number of hydrogen-bond acceptors (Lipinski definition) is 5. The van der Waals surface area contributed by atoms with Crippen LogP contribution in [-0.4, -0.2) is 47.8 Å². The van der Waals surface area contributed by atoms with E-state index in [9.17, 15) is 18.0 Å². The zero-order valence-corrected chi connectivity index (χ0v) is 17.6. The van der Waals surface area contributed by atoms with E-state index < -0.39 is 23.4 Å². The van der Waals surface area contributed by atoms with Gasteiger partial charge in [0.25, 0.3) is 0 Å². The maximum atomic E-state index is 13.8. The van der Waals surface area contributed by atoms with Gasteiger partial charge < -0.3 is 25.3 Å². The summed E-state index contributed by atoms with van der Waals surface area (Å²) >= 11 is 0. The van der Waals surface area contributed by atoms with E-state index in [2.05, 4.69) is 20.6 Å². The number of nitrogens with zero attached hydrogens (tertiary/aromatic N) is 2. The number of amides is 1. The standard InChI is InChI=1S/C20H28F3N5O2/c1-5-19(2,3)30-18(29)27-12-7-6-8-28(11-12)16-13(20(21,22)23)9-25-17-15(16)14(24-4)10-26-17/h9-10,12,24H,5-8,11H2,1-4H3,(H,25,26)(H,27,29). The lowest BCUT2D eigenvalue weighted by Crippen LogP contribution is -2.49. The topological polar surface area (TPSA) is 82.3 Å². The van der Waals surface area contributed by atoms with Crippen molar-refractivity contribution in [2.45, 2.75) is 57.9 Å². The van der Waals surface area contributed by atoms with Crippen molar-refractivity contribution in [1.82, 2.24) is 15.3 Å². The quantitative estimate of drug-likeness (QED) is 0.654. The van der Waals surface area contributed by atoms with E-state index in [4.69, 9.17) is 4.74 Å². The molecule has 2 aromatic rings. The average Bonchev–Trinajstić information content (AvgIpc) is 3.09. The van der Waals surface area contributed by atoms with Crippen LogP contribution in [-0.2, 0) is 10.9 Å². The van der Waals surface area contributed by atoms with Crippen LogP contribution in [0.2, 0.25) is 0 Å². The molecule has 166 valence electrons. The second-order valence-corrected chi connectivity index (χ2v) is 8.13. The molecule has 0 aliphatic carbocycles. The monoisotopic (exact) mass is 427 g/mol. The molecule has 1 saturated heterocycles. The minimum atomic E-state index is -4.55. The number of halogens is 3. The summed E-state index contributed by atoms with van der Waals surface area (Å²) < 4.78 is 46.9. The van der Waals surface area contributed by atoms with Gasteiger partial charge in [-0.15, -0.1) is 0 Å². The van der Waals surface area contributed by atoms with E-state index in [-0.39, 0.29) is 18.3 Å². The molecule has 3 N–H and O–H groups in total. The minimum absolute atomic E-state index is 0.0758. The number of pyridine rings is 1. The molecule has 1 atom stereocenters. The van der Waals surface area contributed by atoms with Crippen molar-refractivity contribution >= 4 is 28.5 Å². The van der Waals surface area contributed by atoms with Gasteiger partial charge in [0.15, 0.2) is 0 Å². The lowest BCUT2D eigenvalue weighted by molar-refractivity contribution is -0.137. The minimum Gasteiger partial charge on any atom is -0.444 e. The Bertz CT molecular complexity index is 910. The molecular formula is C20H28F3N5O2. The molecule has 30 heavy (non-hydrogen) atoms. The van der Waals surface area contributed by atoms with Gasteiger partial charge in [-0.05, 0) is 33.1 Å². The van der Waals surface area contributed by atoms with E-state index in [1.54, 1.807) is 18.1 Å². The fraction of sp³-hybridized carbons (Fsp3) is 0.600. The molecule has 3 heterocycles. The van der Waals surface area contributed by atoms with E-state index in [0.29, 0.717) is 42.5 Å². The van der Waals surface area contributed by atoms with Gasteiger partial charge in [0.1, 0.15) is 11.2 Å². The predicted molar refractivity (Wildman–Crippen MR) is 110 cm³/mol. The van der Waals surface area contributed by atoms with Gasteiger partial charge in [0.05, 0.1) is 22.3 Å². The first-order valence-corrected chi connectivity index (χ1v) is 10.0. The molecule has 1 fully saturated rings. The number of aromatic nitrogens is 2. The summed E-state index contributed by atoms with van der Waals surface area (Å²) in [5.74, 6) is 0. The molecule has 1 unspecified atom stereocenters. The third-order valence-electron chi connectivity index (χ3n) is 5.53. The van der Waals surface area contributed by atoms with Crippen molar-refractivity contribution in [3.05, 3.63) is 18.0 Å². The Kier molecular flexibility index (Phi) is 6.05. The van der Waals surface area contributed by atoms with E-state index in [0.717, 1.165) is 6.20 Å². The summed E-state index contributed by atoms with van der Waals surface area (Å²) in [6.45, 7) is 6.24. The smallest absolute Gasteiger partial charge is 0.419 e. The molecular weight excluding hydrogens is 399 g/mol. The maximum Gasteiger partial charge on any atom is 0.419 e. The molecule has 3 rings (SSSR count). The Balaban J connectivity index is 1.91.